The number of methoxy groups -OCH3 is 1. The third kappa shape index (κ3) is 4.30. The smallest absolute Gasteiger partial charge is 0.356 e. The number of amides is 2. The van der Waals surface area contributed by atoms with Gasteiger partial charge in [-0.25, -0.2) is 9.18 Å². The number of likely N-dealkylation sites (tertiary alicyclic amines) is 1. The number of carbonyl (C=O) groups is 3. The average Bonchev–Trinajstić information content (AvgIpc) is 3.03. The number of halogens is 1. The van der Waals surface area contributed by atoms with Gasteiger partial charge in [-0.1, -0.05) is 0 Å². The first-order valence-corrected chi connectivity index (χ1v) is 9.21. The maximum atomic E-state index is 13.6. The maximum Gasteiger partial charge on any atom is 0.356 e. The van der Waals surface area contributed by atoms with Crippen LogP contribution in [0.3, 0.4) is 0 Å². The molecule has 0 unspecified atom stereocenters. The number of aromatic amines is 1. The van der Waals surface area contributed by atoms with Gasteiger partial charge >= 0.3 is 5.97 Å². The minimum Gasteiger partial charge on any atom is -0.464 e. The van der Waals surface area contributed by atoms with Crippen LogP contribution >= 0.6 is 0 Å². The van der Waals surface area contributed by atoms with Gasteiger partial charge in [-0.3, -0.25) is 9.59 Å². The van der Waals surface area contributed by atoms with Crippen molar-refractivity contribution in [2.24, 2.45) is 11.7 Å². The van der Waals surface area contributed by atoms with Crippen molar-refractivity contribution in [1.82, 2.24) is 4.98 Å². The minimum absolute atomic E-state index is 0.0751. The summed E-state index contributed by atoms with van der Waals surface area (Å²) in [6.07, 6.45) is 1.68. The molecule has 0 aliphatic carbocycles. The number of anilines is 1. The monoisotopic (exact) mass is 391 g/mol. The van der Waals surface area contributed by atoms with Crippen LogP contribution in [-0.2, 0) is 14.3 Å². The van der Waals surface area contributed by atoms with Crippen LogP contribution in [0.4, 0.5) is 10.1 Å². The summed E-state index contributed by atoms with van der Waals surface area (Å²) in [6.45, 7) is 2.17. The summed E-state index contributed by atoms with van der Waals surface area (Å²) < 4.78 is 18.4. The number of carbonyl (C=O) groups excluding carboxylic acids is 3. The lowest BCUT2D eigenvalue weighted by molar-refractivity contribution is -0.905. The van der Waals surface area contributed by atoms with Gasteiger partial charge in [0.15, 0.2) is 0 Å². The Bertz CT molecular complexity index is 903. The highest BCUT2D eigenvalue weighted by atomic mass is 19.1. The number of esters is 1. The van der Waals surface area contributed by atoms with E-state index in [1.165, 1.54) is 30.2 Å². The van der Waals surface area contributed by atoms with Crippen LogP contribution in [0.1, 0.15) is 29.8 Å². The van der Waals surface area contributed by atoms with Crippen LogP contribution in [0.15, 0.2) is 18.2 Å². The van der Waals surface area contributed by atoms with Gasteiger partial charge in [-0.2, -0.15) is 0 Å². The van der Waals surface area contributed by atoms with E-state index >= 15 is 0 Å². The topological polar surface area (TPSA) is 119 Å². The van der Waals surface area contributed by atoms with Crippen LogP contribution < -0.4 is 16.0 Å². The molecular weight excluding hydrogens is 367 g/mol. The van der Waals surface area contributed by atoms with Crippen molar-refractivity contribution in [2.45, 2.75) is 19.3 Å². The highest BCUT2D eigenvalue weighted by molar-refractivity contribution is 6.10. The van der Waals surface area contributed by atoms with E-state index in [4.69, 9.17) is 10.5 Å². The number of nitrogens with one attached hydrogen (secondary N) is 3. The Hall–Kier alpha value is -2.94. The zero-order valence-electron chi connectivity index (χ0n) is 15.6. The number of primary amides is 1. The number of hydrogen-bond acceptors (Lipinski definition) is 4. The average molecular weight is 391 g/mol. The fourth-order valence-corrected chi connectivity index (χ4v) is 3.60. The standard InChI is InChI=1S/C19H23FN4O4/c1-28-19(27)17-16(13-10-12(20)2-3-14(13)22-17)23-15(25)6-9-24-7-4-11(5-8-24)18(21)26/h2-3,10-11,22H,4-9H2,1H3,(H2,21,26)(H,23,25)/p+1. The number of ether oxygens (including phenoxy) is 1. The summed E-state index contributed by atoms with van der Waals surface area (Å²) in [5, 5.41) is 3.12. The van der Waals surface area contributed by atoms with E-state index in [-0.39, 0.29) is 35.5 Å². The number of H-pyrrole nitrogens is 1. The summed E-state index contributed by atoms with van der Waals surface area (Å²) in [6, 6.07) is 4.03. The fourth-order valence-electron chi connectivity index (χ4n) is 3.60. The molecule has 1 aromatic heterocycles. The number of aromatic nitrogens is 1. The molecule has 0 radical (unpaired) electrons. The SMILES string of the molecule is COC(=O)c1[nH]c2ccc(F)cc2c1NC(=O)CC[NH+]1CCC(C(N)=O)CC1. The number of benzene rings is 1. The van der Waals surface area contributed by atoms with Crippen molar-refractivity contribution < 1.29 is 28.4 Å². The summed E-state index contributed by atoms with van der Waals surface area (Å²) in [5.41, 5.74) is 6.15. The minimum atomic E-state index is -0.647. The van der Waals surface area contributed by atoms with E-state index < -0.39 is 11.8 Å². The molecule has 0 spiro atoms. The molecule has 9 heteroatoms. The van der Waals surface area contributed by atoms with E-state index in [0.717, 1.165) is 25.9 Å². The van der Waals surface area contributed by atoms with Gasteiger partial charge in [-0.05, 0) is 18.2 Å². The van der Waals surface area contributed by atoms with Crippen LogP contribution in [0.5, 0.6) is 0 Å². The van der Waals surface area contributed by atoms with Crippen LogP contribution in [0.25, 0.3) is 10.9 Å². The Labute approximate surface area is 161 Å². The molecule has 0 atom stereocenters. The molecule has 2 heterocycles. The Morgan fingerprint density at radius 1 is 1.32 bits per heavy atom. The summed E-state index contributed by atoms with van der Waals surface area (Å²) in [4.78, 5) is 39.8. The van der Waals surface area contributed by atoms with Crippen LogP contribution in [-0.4, -0.2) is 49.5 Å². The Balaban J connectivity index is 1.67. The van der Waals surface area contributed by atoms with Gasteiger partial charge in [0, 0.05) is 29.7 Å². The van der Waals surface area contributed by atoms with Gasteiger partial charge in [0.2, 0.25) is 11.8 Å². The van der Waals surface area contributed by atoms with Gasteiger partial charge in [-0.15, -0.1) is 0 Å². The zero-order valence-corrected chi connectivity index (χ0v) is 15.6. The van der Waals surface area contributed by atoms with Crippen molar-refractivity contribution in [3.8, 4) is 0 Å². The van der Waals surface area contributed by atoms with E-state index in [1.807, 2.05) is 0 Å². The number of fused-ring (bicyclic) bond motifs is 1. The Morgan fingerprint density at radius 2 is 2.04 bits per heavy atom. The zero-order chi connectivity index (χ0) is 20.3. The summed E-state index contributed by atoms with van der Waals surface area (Å²) >= 11 is 0. The van der Waals surface area contributed by atoms with E-state index in [2.05, 4.69) is 10.3 Å². The normalized spacial score (nSPS) is 19.4. The number of quaternary nitrogens is 1. The predicted molar refractivity (Wildman–Crippen MR) is 100 cm³/mol. The molecule has 1 saturated heterocycles. The molecule has 1 aliphatic rings. The van der Waals surface area contributed by atoms with Crippen LogP contribution in [0, 0.1) is 11.7 Å². The third-order valence-electron chi connectivity index (χ3n) is 5.22. The van der Waals surface area contributed by atoms with Gasteiger partial charge in [0.25, 0.3) is 0 Å². The molecule has 3 rings (SSSR count). The summed E-state index contributed by atoms with van der Waals surface area (Å²) in [7, 11) is 1.24. The molecule has 150 valence electrons. The predicted octanol–water partition coefficient (Wildman–Crippen LogP) is 0.202. The van der Waals surface area contributed by atoms with Gasteiger partial charge < -0.3 is 25.7 Å². The second kappa shape index (κ2) is 8.39. The lowest BCUT2D eigenvalue weighted by Gasteiger charge is -2.27. The lowest BCUT2D eigenvalue weighted by Crippen LogP contribution is -3.13. The first-order valence-electron chi connectivity index (χ1n) is 9.21. The van der Waals surface area contributed by atoms with Crippen molar-refractivity contribution in [3.63, 3.8) is 0 Å². The van der Waals surface area contributed by atoms with Gasteiger partial charge in [0.1, 0.15) is 11.5 Å². The Kier molecular flexibility index (Phi) is 5.93. The van der Waals surface area contributed by atoms with Crippen molar-refractivity contribution in [2.75, 3.05) is 32.1 Å². The van der Waals surface area contributed by atoms with Crippen molar-refractivity contribution in [3.05, 3.63) is 29.7 Å². The van der Waals surface area contributed by atoms with Gasteiger partial charge in [0.05, 0.1) is 38.9 Å². The van der Waals surface area contributed by atoms with Crippen molar-refractivity contribution >= 4 is 34.4 Å². The lowest BCUT2D eigenvalue weighted by atomic mass is 9.96. The van der Waals surface area contributed by atoms with E-state index in [9.17, 15) is 18.8 Å². The van der Waals surface area contributed by atoms with E-state index in [1.54, 1.807) is 0 Å². The molecule has 8 nitrogen and oxygen atoms in total. The molecule has 2 aromatic rings. The second-order valence-corrected chi connectivity index (χ2v) is 7.03. The third-order valence-corrected chi connectivity index (χ3v) is 5.22. The first-order chi connectivity index (χ1) is 13.4. The van der Waals surface area contributed by atoms with E-state index in [0.29, 0.717) is 17.4 Å². The van der Waals surface area contributed by atoms with Crippen molar-refractivity contribution in [1.29, 1.82) is 0 Å². The molecule has 0 saturated carbocycles. The summed E-state index contributed by atoms with van der Waals surface area (Å²) in [5.74, 6) is -1.74. The molecule has 0 bridgehead atoms. The first kappa shape index (κ1) is 19.8. The molecule has 5 N–H and O–H groups in total. The highest BCUT2D eigenvalue weighted by Gasteiger charge is 2.26. The number of hydrogen-bond donors (Lipinski definition) is 4. The maximum absolute atomic E-state index is 13.6. The fraction of sp³-hybridized carbons (Fsp3) is 0.421. The highest BCUT2D eigenvalue weighted by Crippen LogP contribution is 2.29. The molecule has 1 fully saturated rings. The molecule has 28 heavy (non-hydrogen) atoms. The number of nitrogens with two attached hydrogens (primary N) is 1. The molecular formula is C19H24FN4O4+. The Morgan fingerprint density at radius 3 is 2.68 bits per heavy atom. The number of piperidine rings is 1. The number of rotatable bonds is 6. The quantitative estimate of drug-likeness (QED) is 0.526. The molecule has 2 amide bonds. The molecule has 1 aromatic carbocycles. The second-order valence-electron chi connectivity index (χ2n) is 7.03. The molecule has 1 aliphatic heterocycles. The van der Waals surface area contributed by atoms with Crippen LogP contribution in [0.2, 0.25) is 0 Å². The largest absolute Gasteiger partial charge is 0.464 e.